The Morgan fingerprint density at radius 2 is 1.76 bits per heavy atom. The molecule has 0 bridgehead atoms. The average Bonchev–Trinajstić information content (AvgIpc) is 3.06. The highest BCUT2D eigenvalue weighted by molar-refractivity contribution is 7.23. The van der Waals surface area contributed by atoms with Gasteiger partial charge in [0.25, 0.3) is 5.91 Å². The molecule has 128 valence electrons. The van der Waals surface area contributed by atoms with Crippen molar-refractivity contribution < 1.29 is 19.1 Å². The van der Waals surface area contributed by atoms with Crippen molar-refractivity contribution in [1.29, 1.82) is 0 Å². The fourth-order valence-corrected chi connectivity index (χ4v) is 3.37. The van der Waals surface area contributed by atoms with Crippen molar-refractivity contribution in [3.63, 3.8) is 0 Å². The lowest BCUT2D eigenvalue weighted by molar-refractivity contribution is 0.0600. The highest BCUT2D eigenvalue weighted by Gasteiger charge is 2.15. The van der Waals surface area contributed by atoms with Crippen LogP contribution in [-0.2, 0) is 4.74 Å². The summed E-state index contributed by atoms with van der Waals surface area (Å²) in [5.74, 6) is -0.219. The molecule has 25 heavy (non-hydrogen) atoms. The number of hydrogen-bond donors (Lipinski definition) is 1. The molecule has 0 aliphatic rings. The van der Waals surface area contributed by atoms with Crippen molar-refractivity contribution in [2.24, 2.45) is 0 Å². The Morgan fingerprint density at radius 3 is 2.40 bits per heavy atom. The maximum Gasteiger partial charge on any atom is 0.337 e. The number of methoxy groups -OCH3 is 2. The van der Waals surface area contributed by atoms with Crippen LogP contribution in [0.15, 0.2) is 36.4 Å². The summed E-state index contributed by atoms with van der Waals surface area (Å²) >= 11 is 7.43. The molecular formula is C17H13ClN2O4S. The molecule has 1 amide bonds. The van der Waals surface area contributed by atoms with Gasteiger partial charge in [-0.2, -0.15) is 0 Å². The van der Waals surface area contributed by atoms with E-state index in [-0.39, 0.29) is 5.91 Å². The largest absolute Gasteiger partial charge is 0.494 e. The first-order valence-electron chi connectivity index (χ1n) is 7.16. The number of nitrogens with one attached hydrogen (secondary N) is 1. The van der Waals surface area contributed by atoms with Crippen LogP contribution in [0.4, 0.5) is 5.13 Å². The van der Waals surface area contributed by atoms with Crippen LogP contribution >= 0.6 is 22.9 Å². The highest BCUT2D eigenvalue weighted by Crippen LogP contribution is 2.37. The van der Waals surface area contributed by atoms with Crippen LogP contribution < -0.4 is 10.1 Å². The monoisotopic (exact) mass is 376 g/mol. The number of ether oxygens (including phenoxy) is 2. The molecule has 2 aromatic carbocycles. The number of carbonyl (C=O) groups is 2. The minimum absolute atomic E-state index is 0.342. The molecule has 8 heteroatoms. The number of hydrogen-bond acceptors (Lipinski definition) is 6. The quantitative estimate of drug-likeness (QED) is 0.696. The van der Waals surface area contributed by atoms with E-state index in [0.29, 0.717) is 32.5 Å². The van der Waals surface area contributed by atoms with E-state index in [1.54, 1.807) is 31.4 Å². The number of thiazole rings is 1. The van der Waals surface area contributed by atoms with Gasteiger partial charge < -0.3 is 9.47 Å². The van der Waals surface area contributed by atoms with Crippen molar-refractivity contribution in [2.45, 2.75) is 0 Å². The third-order valence-corrected chi connectivity index (χ3v) is 4.90. The SMILES string of the molecule is COC(=O)c1ccc(C(=O)Nc2nc3c(OC)ccc(Cl)c3s2)cc1. The topological polar surface area (TPSA) is 77.5 Å². The standard InChI is InChI=1S/C17H13ClN2O4S/c1-23-12-8-7-11(18)14-13(12)19-17(25-14)20-15(21)9-3-5-10(6-4-9)16(22)24-2/h3-8H,1-2H3,(H,19,20,21). The second kappa shape index (κ2) is 7.08. The summed E-state index contributed by atoms with van der Waals surface area (Å²) in [5.41, 5.74) is 1.36. The second-order valence-electron chi connectivity index (χ2n) is 4.97. The number of carbonyl (C=O) groups excluding carboxylic acids is 2. The van der Waals surface area contributed by atoms with Gasteiger partial charge in [0, 0.05) is 5.56 Å². The van der Waals surface area contributed by atoms with Crippen LogP contribution in [0.25, 0.3) is 10.2 Å². The van der Waals surface area contributed by atoms with Crippen LogP contribution in [0, 0.1) is 0 Å². The van der Waals surface area contributed by atoms with E-state index in [0.717, 1.165) is 4.70 Å². The third kappa shape index (κ3) is 3.42. The number of nitrogens with zero attached hydrogens (tertiary/aromatic N) is 1. The maximum atomic E-state index is 12.4. The van der Waals surface area contributed by atoms with Gasteiger partial charge in [-0.05, 0) is 36.4 Å². The van der Waals surface area contributed by atoms with Crippen LogP contribution in [0.3, 0.4) is 0 Å². The number of aromatic nitrogens is 1. The van der Waals surface area contributed by atoms with Crippen LogP contribution in [0.1, 0.15) is 20.7 Å². The number of fused-ring (bicyclic) bond motifs is 1. The number of rotatable bonds is 4. The molecule has 1 heterocycles. The van der Waals surface area contributed by atoms with E-state index in [1.165, 1.54) is 30.6 Å². The normalized spacial score (nSPS) is 10.5. The first-order chi connectivity index (χ1) is 12.0. The molecule has 3 rings (SSSR count). The highest BCUT2D eigenvalue weighted by atomic mass is 35.5. The fourth-order valence-electron chi connectivity index (χ4n) is 2.22. The number of anilines is 1. The summed E-state index contributed by atoms with van der Waals surface area (Å²) in [6, 6.07) is 9.59. The Kier molecular flexibility index (Phi) is 4.87. The van der Waals surface area contributed by atoms with Gasteiger partial charge in [-0.1, -0.05) is 22.9 Å². The van der Waals surface area contributed by atoms with Crippen molar-refractivity contribution in [2.75, 3.05) is 19.5 Å². The first kappa shape index (κ1) is 17.2. The molecule has 0 saturated heterocycles. The minimum atomic E-state index is -0.458. The molecule has 0 aliphatic carbocycles. The molecule has 0 fully saturated rings. The molecule has 0 saturated carbocycles. The fraction of sp³-hybridized carbons (Fsp3) is 0.118. The summed E-state index contributed by atoms with van der Waals surface area (Å²) < 4.78 is 10.6. The Hall–Kier alpha value is -2.64. The third-order valence-electron chi connectivity index (χ3n) is 3.47. The van der Waals surface area contributed by atoms with Gasteiger partial charge >= 0.3 is 5.97 Å². The zero-order valence-electron chi connectivity index (χ0n) is 13.3. The van der Waals surface area contributed by atoms with Crippen LogP contribution in [0.5, 0.6) is 5.75 Å². The molecule has 1 aromatic heterocycles. The van der Waals surface area contributed by atoms with Gasteiger partial charge in [0.2, 0.25) is 0 Å². The average molecular weight is 377 g/mol. The lowest BCUT2D eigenvalue weighted by Crippen LogP contribution is -2.12. The molecule has 0 atom stereocenters. The number of esters is 1. The van der Waals surface area contributed by atoms with Crippen molar-refractivity contribution in [1.82, 2.24) is 4.98 Å². The summed E-state index contributed by atoms with van der Waals surface area (Å²) in [6.45, 7) is 0. The van der Waals surface area contributed by atoms with Crippen molar-refractivity contribution in [3.8, 4) is 5.75 Å². The van der Waals surface area contributed by atoms with Gasteiger partial charge in [-0.25, -0.2) is 9.78 Å². The smallest absolute Gasteiger partial charge is 0.337 e. The molecule has 0 aliphatic heterocycles. The van der Waals surface area contributed by atoms with Gasteiger partial charge in [0.1, 0.15) is 11.3 Å². The summed E-state index contributed by atoms with van der Waals surface area (Å²) in [7, 11) is 2.85. The van der Waals surface area contributed by atoms with E-state index < -0.39 is 5.97 Å². The van der Waals surface area contributed by atoms with Gasteiger partial charge in [-0.15, -0.1) is 0 Å². The number of benzene rings is 2. The van der Waals surface area contributed by atoms with Crippen LogP contribution in [0.2, 0.25) is 5.02 Å². The Morgan fingerprint density at radius 1 is 1.08 bits per heavy atom. The first-order valence-corrected chi connectivity index (χ1v) is 8.35. The van der Waals surface area contributed by atoms with Gasteiger partial charge in [0.15, 0.2) is 5.13 Å². The number of halogens is 1. The molecule has 1 N–H and O–H groups in total. The minimum Gasteiger partial charge on any atom is -0.494 e. The predicted octanol–water partition coefficient (Wildman–Crippen LogP) is 4.00. The number of amides is 1. The maximum absolute atomic E-state index is 12.4. The van der Waals surface area contributed by atoms with E-state index in [4.69, 9.17) is 16.3 Å². The predicted molar refractivity (Wildman–Crippen MR) is 96.9 cm³/mol. The van der Waals surface area contributed by atoms with E-state index >= 15 is 0 Å². The lowest BCUT2D eigenvalue weighted by atomic mass is 10.1. The van der Waals surface area contributed by atoms with Gasteiger partial charge in [-0.3, -0.25) is 10.1 Å². The van der Waals surface area contributed by atoms with Gasteiger partial charge in [0.05, 0.1) is 29.5 Å². The summed E-state index contributed by atoms with van der Waals surface area (Å²) in [5, 5.41) is 3.67. The zero-order chi connectivity index (χ0) is 18.0. The molecule has 0 spiro atoms. The van der Waals surface area contributed by atoms with E-state index in [1.807, 2.05) is 0 Å². The molecule has 0 unspecified atom stereocenters. The van der Waals surface area contributed by atoms with E-state index in [9.17, 15) is 9.59 Å². The Bertz CT molecular complexity index is 953. The van der Waals surface area contributed by atoms with Crippen LogP contribution in [-0.4, -0.2) is 31.1 Å². The molecular weight excluding hydrogens is 364 g/mol. The van der Waals surface area contributed by atoms with Crippen molar-refractivity contribution in [3.05, 3.63) is 52.5 Å². The molecule has 6 nitrogen and oxygen atoms in total. The molecule has 3 aromatic rings. The second-order valence-corrected chi connectivity index (χ2v) is 6.38. The lowest BCUT2D eigenvalue weighted by Gasteiger charge is -2.03. The molecule has 0 radical (unpaired) electrons. The summed E-state index contributed by atoms with van der Waals surface area (Å²) in [6.07, 6.45) is 0. The van der Waals surface area contributed by atoms with Crippen molar-refractivity contribution >= 4 is 50.2 Å². The Balaban J connectivity index is 1.84. The summed E-state index contributed by atoms with van der Waals surface area (Å²) in [4.78, 5) is 28.1. The van der Waals surface area contributed by atoms with E-state index in [2.05, 4.69) is 15.0 Å². The Labute approximate surface area is 152 Å². The zero-order valence-corrected chi connectivity index (χ0v) is 14.9.